The lowest BCUT2D eigenvalue weighted by Gasteiger charge is -2.29. The zero-order chi connectivity index (χ0) is 15.2. The Kier molecular flexibility index (Phi) is 5.14. The highest BCUT2D eigenvalue weighted by atomic mass is 16.4. The maximum Gasteiger partial charge on any atom is 0.308 e. The van der Waals surface area contributed by atoms with Gasteiger partial charge < -0.3 is 10.0 Å². The van der Waals surface area contributed by atoms with Crippen molar-refractivity contribution in [3.8, 4) is 0 Å². The van der Waals surface area contributed by atoms with Gasteiger partial charge in [-0.25, -0.2) is 0 Å². The van der Waals surface area contributed by atoms with Gasteiger partial charge in [0.2, 0.25) is 5.91 Å². The Morgan fingerprint density at radius 1 is 1.33 bits per heavy atom. The van der Waals surface area contributed by atoms with Gasteiger partial charge in [-0.15, -0.1) is 0 Å². The molecule has 1 N–H and O–H groups in total. The number of hydrogen-bond acceptors (Lipinski definition) is 2. The highest BCUT2D eigenvalue weighted by Crippen LogP contribution is 2.17. The average Bonchev–Trinajstić information content (AvgIpc) is 2.53. The van der Waals surface area contributed by atoms with Crippen molar-refractivity contribution < 1.29 is 14.7 Å². The molecule has 0 aliphatic carbocycles. The van der Waals surface area contributed by atoms with Crippen LogP contribution in [0.25, 0.3) is 6.08 Å². The van der Waals surface area contributed by atoms with Crippen LogP contribution in [0.4, 0.5) is 0 Å². The number of amides is 1. The quantitative estimate of drug-likeness (QED) is 0.866. The summed E-state index contributed by atoms with van der Waals surface area (Å²) in [5.41, 5.74) is 2.24. The SMILES string of the molecule is CCc1ccc(/C=C/C(=O)N2CCCC(C(=O)O)C2)cc1. The van der Waals surface area contributed by atoms with E-state index in [-0.39, 0.29) is 5.91 Å². The molecule has 1 aromatic carbocycles. The van der Waals surface area contributed by atoms with Gasteiger partial charge in [0.25, 0.3) is 0 Å². The molecule has 1 atom stereocenters. The lowest BCUT2D eigenvalue weighted by atomic mass is 9.98. The number of carboxylic acid groups (broad SMARTS) is 1. The summed E-state index contributed by atoms with van der Waals surface area (Å²) in [7, 11) is 0. The maximum absolute atomic E-state index is 12.1. The Labute approximate surface area is 125 Å². The second-order valence-electron chi connectivity index (χ2n) is 5.39. The zero-order valence-electron chi connectivity index (χ0n) is 12.3. The number of carboxylic acids is 1. The molecule has 0 spiro atoms. The first-order valence-electron chi connectivity index (χ1n) is 7.39. The topological polar surface area (TPSA) is 57.6 Å². The predicted molar refractivity (Wildman–Crippen MR) is 81.8 cm³/mol. The number of piperidine rings is 1. The molecule has 1 saturated heterocycles. The summed E-state index contributed by atoms with van der Waals surface area (Å²) in [4.78, 5) is 24.7. The largest absolute Gasteiger partial charge is 0.481 e. The fourth-order valence-corrected chi connectivity index (χ4v) is 2.52. The lowest BCUT2D eigenvalue weighted by Crippen LogP contribution is -2.41. The van der Waals surface area contributed by atoms with E-state index in [0.717, 1.165) is 18.4 Å². The van der Waals surface area contributed by atoms with Crippen LogP contribution in [-0.4, -0.2) is 35.0 Å². The van der Waals surface area contributed by atoms with Crippen molar-refractivity contribution in [3.05, 3.63) is 41.5 Å². The molecule has 1 unspecified atom stereocenters. The molecule has 4 nitrogen and oxygen atoms in total. The molecule has 21 heavy (non-hydrogen) atoms. The Hall–Kier alpha value is -2.10. The zero-order valence-corrected chi connectivity index (χ0v) is 12.3. The fourth-order valence-electron chi connectivity index (χ4n) is 2.52. The summed E-state index contributed by atoms with van der Waals surface area (Å²) >= 11 is 0. The van der Waals surface area contributed by atoms with Gasteiger partial charge in [-0.3, -0.25) is 9.59 Å². The van der Waals surface area contributed by atoms with Crippen molar-refractivity contribution in [2.75, 3.05) is 13.1 Å². The first-order chi connectivity index (χ1) is 10.1. The van der Waals surface area contributed by atoms with E-state index in [0.29, 0.717) is 19.5 Å². The van der Waals surface area contributed by atoms with Gasteiger partial charge in [0.1, 0.15) is 0 Å². The van der Waals surface area contributed by atoms with Crippen molar-refractivity contribution in [2.45, 2.75) is 26.2 Å². The van der Waals surface area contributed by atoms with Gasteiger partial charge in [0.05, 0.1) is 5.92 Å². The Balaban J connectivity index is 1.96. The molecule has 4 heteroatoms. The van der Waals surface area contributed by atoms with Crippen LogP contribution in [-0.2, 0) is 16.0 Å². The highest BCUT2D eigenvalue weighted by Gasteiger charge is 2.26. The third-order valence-corrected chi connectivity index (χ3v) is 3.89. The van der Waals surface area contributed by atoms with Crippen LogP contribution < -0.4 is 0 Å². The highest BCUT2D eigenvalue weighted by molar-refractivity contribution is 5.92. The Bertz CT molecular complexity index is 533. The summed E-state index contributed by atoms with van der Waals surface area (Å²) in [6.45, 7) is 3.05. The van der Waals surface area contributed by atoms with E-state index in [4.69, 9.17) is 5.11 Å². The molecule has 2 rings (SSSR count). The Morgan fingerprint density at radius 2 is 2.05 bits per heavy atom. The fraction of sp³-hybridized carbons (Fsp3) is 0.412. The van der Waals surface area contributed by atoms with Crippen LogP contribution in [0, 0.1) is 5.92 Å². The van der Waals surface area contributed by atoms with Crippen LogP contribution in [0.3, 0.4) is 0 Å². The van der Waals surface area contributed by atoms with E-state index >= 15 is 0 Å². The summed E-state index contributed by atoms with van der Waals surface area (Å²) < 4.78 is 0. The number of carbonyl (C=O) groups is 2. The smallest absolute Gasteiger partial charge is 0.308 e. The minimum Gasteiger partial charge on any atom is -0.481 e. The van der Waals surface area contributed by atoms with E-state index in [1.165, 1.54) is 11.6 Å². The number of likely N-dealkylation sites (tertiary alicyclic amines) is 1. The van der Waals surface area contributed by atoms with Crippen LogP contribution in [0.5, 0.6) is 0 Å². The number of hydrogen-bond donors (Lipinski definition) is 1. The molecule has 0 radical (unpaired) electrons. The second kappa shape index (κ2) is 7.07. The van der Waals surface area contributed by atoms with Crippen LogP contribution in [0.15, 0.2) is 30.3 Å². The van der Waals surface area contributed by atoms with Crippen molar-refractivity contribution in [3.63, 3.8) is 0 Å². The van der Waals surface area contributed by atoms with Crippen molar-refractivity contribution >= 4 is 18.0 Å². The van der Waals surface area contributed by atoms with Gasteiger partial charge in [-0.05, 0) is 36.5 Å². The first kappa shape index (κ1) is 15.3. The van der Waals surface area contributed by atoms with Crippen molar-refractivity contribution in [1.82, 2.24) is 4.90 Å². The minimum atomic E-state index is -0.813. The molecule has 1 aromatic rings. The molecule has 0 bridgehead atoms. The molecule has 0 aromatic heterocycles. The van der Waals surface area contributed by atoms with Gasteiger partial charge in [-0.2, -0.15) is 0 Å². The normalized spacial score (nSPS) is 18.9. The van der Waals surface area contributed by atoms with Gasteiger partial charge in [-0.1, -0.05) is 31.2 Å². The molecular weight excluding hydrogens is 266 g/mol. The average molecular weight is 287 g/mol. The van der Waals surface area contributed by atoms with E-state index in [1.807, 2.05) is 24.3 Å². The summed E-state index contributed by atoms with van der Waals surface area (Å²) in [6.07, 6.45) is 5.72. The number of rotatable bonds is 4. The Morgan fingerprint density at radius 3 is 2.67 bits per heavy atom. The van der Waals surface area contributed by atoms with Gasteiger partial charge in [0.15, 0.2) is 0 Å². The summed E-state index contributed by atoms with van der Waals surface area (Å²) in [6, 6.07) is 8.06. The predicted octanol–water partition coefficient (Wildman–Crippen LogP) is 2.59. The van der Waals surface area contributed by atoms with Crippen molar-refractivity contribution in [1.29, 1.82) is 0 Å². The van der Waals surface area contributed by atoms with Gasteiger partial charge >= 0.3 is 5.97 Å². The number of carbonyl (C=O) groups excluding carboxylic acids is 1. The summed E-state index contributed by atoms with van der Waals surface area (Å²) in [5, 5.41) is 9.04. The third-order valence-electron chi connectivity index (χ3n) is 3.89. The maximum atomic E-state index is 12.1. The molecule has 1 aliphatic heterocycles. The second-order valence-corrected chi connectivity index (χ2v) is 5.39. The molecule has 1 aliphatic rings. The molecular formula is C17H21NO3. The summed E-state index contributed by atoms with van der Waals surface area (Å²) in [5.74, 6) is -1.35. The molecule has 1 heterocycles. The molecule has 1 amide bonds. The van der Waals surface area contributed by atoms with Crippen LogP contribution in [0.2, 0.25) is 0 Å². The number of aliphatic carboxylic acids is 1. The van der Waals surface area contributed by atoms with Gasteiger partial charge in [0, 0.05) is 19.2 Å². The molecule has 1 fully saturated rings. The lowest BCUT2D eigenvalue weighted by molar-refractivity contribution is -0.144. The molecule has 0 saturated carbocycles. The number of aryl methyl sites for hydroxylation is 1. The number of nitrogens with zero attached hydrogens (tertiary/aromatic N) is 1. The van der Waals surface area contributed by atoms with E-state index in [2.05, 4.69) is 6.92 Å². The standard InChI is InChI=1S/C17H21NO3/c1-2-13-5-7-14(8-6-13)9-10-16(19)18-11-3-4-15(12-18)17(20)21/h5-10,15H,2-4,11-12H2,1H3,(H,20,21)/b10-9+. The van der Waals surface area contributed by atoms with E-state index in [1.54, 1.807) is 11.0 Å². The first-order valence-corrected chi connectivity index (χ1v) is 7.39. The monoisotopic (exact) mass is 287 g/mol. The van der Waals surface area contributed by atoms with Crippen LogP contribution in [0.1, 0.15) is 30.9 Å². The van der Waals surface area contributed by atoms with Crippen molar-refractivity contribution in [2.24, 2.45) is 5.92 Å². The van der Waals surface area contributed by atoms with E-state index in [9.17, 15) is 9.59 Å². The van der Waals surface area contributed by atoms with Crippen LogP contribution >= 0.6 is 0 Å². The number of benzene rings is 1. The third kappa shape index (κ3) is 4.18. The molecule has 112 valence electrons. The van der Waals surface area contributed by atoms with E-state index < -0.39 is 11.9 Å². The minimum absolute atomic E-state index is 0.111.